The molecule has 0 nitrogen and oxygen atoms in total. The van der Waals surface area contributed by atoms with E-state index < -0.39 is 0 Å². The molecule has 0 radical (unpaired) electrons. The minimum Gasteiger partial charge on any atom is -0.0683 e. The zero-order valence-electron chi connectivity index (χ0n) is 23.5. The van der Waals surface area contributed by atoms with Crippen LogP contribution in [-0.4, -0.2) is 0 Å². The first-order chi connectivity index (χ1) is 15.6. The van der Waals surface area contributed by atoms with Crippen molar-refractivity contribution >= 4 is 0 Å². The maximum Gasteiger partial charge on any atom is -0.0219 e. The van der Waals surface area contributed by atoms with Crippen molar-refractivity contribution in [3.05, 3.63) is 108 Å². The van der Waals surface area contributed by atoms with Crippen molar-refractivity contribution in [2.75, 3.05) is 0 Å². The van der Waals surface area contributed by atoms with Gasteiger partial charge in [-0.2, -0.15) is 0 Å². The van der Waals surface area contributed by atoms with Crippen molar-refractivity contribution in [2.24, 2.45) is 5.92 Å². The highest BCUT2D eigenvalue weighted by atomic mass is 14.0. The van der Waals surface area contributed by atoms with E-state index in [9.17, 15) is 0 Å². The standard InChI is InChI=1S/3C9H12.C4H10.C2H6/c3*1-8(2)9-6-4-3-5-7-9;1-4(2)3;1-2/h3*3-8H,1-2H3;4H,1-3H3;1-2H3. The predicted octanol–water partition coefficient (Wildman–Crippen LogP) is 11.1. The van der Waals surface area contributed by atoms with Crippen molar-refractivity contribution < 1.29 is 0 Å². The fourth-order valence-electron chi connectivity index (χ4n) is 2.51. The Morgan fingerprint density at radius 2 is 0.485 bits per heavy atom. The number of hydrogen-bond donors (Lipinski definition) is 0. The van der Waals surface area contributed by atoms with Crippen LogP contribution in [-0.2, 0) is 0 Å². The van der Waals surface area contributed by atoms with Gasteiger partial charge >= 0.3 is 0 Å². The van der Waals surface area contributed by atoms with Crippen molar-refractivity contribution in [3.63, 3.8) is 0 Å². The number of benzene rings is 3. The first-order valence-corrected chi connectivity index (χ1v) is 12.8. The summed E-state index contributed by atoms with van der Waals surface area (Å²) < 4.78 is 0. The fourth-order valence-corrected chi connectivity index (χ4v) is 2.51. The highest BCUT2D eigenvalue weighted by Crippen LogP contribution is 2.13. The monoisotopic (exact) mass is 448 g/mol. The van der Waals surface area contributed by atoms with Crippen LogP contribution in [0.5, 0.6) is 0 Å². The number of hydrogen-bond acceptors (Lipinski definition) is 0. The molecular formula is C33H52. The molecule has 0 aliphatic rings. The van der Waals surface area contributed by atoms with Gasteiger partial charge in [0.2, 0.25) is 0 Å². The molecule has 33 heavy (non-hydrogen) atoms. The Kier molecular flexibility index (Phi) is 21.4. The van der Waals surface area contributed by atoms with Gasteiger partial charge in [0, 0.05) is 0 Å². The Bertz CT molecular complexity index is 632. The summed E-state index contributed by atoms with van der Waals surface area (Å²) in [6, 6.07) is 31.6. The maximum absolute atomic E-state index is 2.20. The van der Waals surface area contributed by atoms with Crippen LogP contribution in [0.1, 0.15) is 111 Å². The van der Waals surface area contributed by atoms with Crippen LogP contribution in [0, 0.1) is 5.92 Å². The van der Waals surface area contributed by atoms with E-state index >= 15 is 0 Å². The van der Waals surface area contributed by atoms with Crippen molar-refractivity contribution in [1.82, 2.24) is 0 Å². The molecule has 3 aromatic rings. The molecule has 0 saturated carbocycles. The summed E-state index contributed by atoms with van der Waals surface area (Å²) in [6.45, 7) is 23.7. The summed E-state index contributed by atoms with van der Waals surface area (Å²) in [5.74, 6) is 2.81. The van der Waals surface area contributed by atoms with Crippen LogP contribution in [0.2, 0.25) is 0 Å². The molecule has 0 amide bonds. The van der Waals surface area contributed by atoms with Gasteiger partial charge in [-0.1, -0.05) is 167 Å². The summed E-state index contributed by atoms with van der Waals surface area (Å²) in [5, 5.41) is 0. The van der Waals surface area contributed by atoms with E-state index in [-0.39, 0.29) is 0 Å². The molecule has 0 aliphatic carbocycles. The van der Waals surface area contributed by atoms with E-state index in [0.29, 0.717) is 17.8 Å². The SMILES string of the molecule is CC.CC(C)C.CC(C)c1ccccc1.CC(C)c1ccccc1.CC(C)c1ccccc1. The van der Waals surface area contributed by atoms with Crippen molar-refractivity contribution in [1.29, 1.82) is 0 Å². The molecule has 0 fully saturated rings. The second kappa shape index (κ2) is 21.5. The zero-order chi connectivity index (χ0) is 25.6. The van der Waals surface area contributed by atoms with Gasteiger partial charge in [-0.15, -0.1) is 0 Å². The lowest BCUT2D eigenvalue weighted by molar-refractivity contribution is 0.737. The normalized spacial score (nSPS) is 9.55. The van der Waals surface area contributed by atoms with Crippen molar-refractivity contribution in [3.8, 4) is 0 Å². The Balaban J connectivity index is 0. The molecule has 0 bridgehead atoms. The van der Waals surface area contributed by atoms with Gasteiger partial charge in [0.1, 0.15) is 0 Å². The largest absolute Gasteiger partial charge is 0.0683 e. The molecule has 0 spiro atoms. The lowest BCUT2D eigenvalue weighted by Crippen LogP contribution is -1.83. The topological polar surface area (TPSA) is 0 Å². The van der Waals surface area contributed by atoms with E-state index in [1.165, 1.54) is 16.7 Å². The summed E-state index contributed by atoms with van der Waals surface area (Å²) in [6.07, 6.45) is 0. The van der Waals surface area contributed by atoms with Crippen LogP contribution >= 0.6 is 0 Å². The van der Waals surface area contributed by atoms with Crippen LogP contribution in [0.4, 0.5) is 0 Å². The van der Waals surface area contributed by atoms with E-state index in [2.05, 4.69) is 135 Å². The molecule has 3 aromatic carbocycles. The maximum atomic E-state index is 2.20. The van der Waals surface area contributed by atoms with E-state index in [4.69, 9.17) is 0 Å². The van der Waals surface area contributed by atoms with E-state index in [0.717, 1.165) is 5.92 Å². The van der Waals surface area contributed by atoms with Gasteiger partial charge in [0.25, 0.3) is 0 Å². The van der Waals surface area contributed by atoms with Crippen LogP contribution in [0.25, 0.3) is 0 Å². The summed E-state index contributed by atoms with van der Waals surface area (Å²) in [7, 11) is 0. The van der Waals surface area contributed by atoms with Gasteiger partial charge in [0.05, 0.1) is 0 Å². The summed E-state index contributed by atoms with van der Waals surface area (Å²) in [5.41, 5.74) is 4.24. The quantitative estimate of drug-likeness (QED) is 0.373. The summed E-state index contributed by atoms with van der Waals surface area (Å²) in [4.78, 5) is 0. The first-order valence-electron chi connectivity index (χ1n) is 12.8. The Hall–Kier alpha value is -2.34. The molecule has 0 unspecified atom stereocenters. The molecule has 0 heteroatoms. The molecule has 3 rings (SSSR count). The third kappa shape index (κ3) is 20.0. The Morgan fingerprint density at radius 3 is 0.576 bits per heavy atom. The molecule has 0 aromatic heterocycles. The summed E-state index contributed by atoms with van der Waals surface area (Å²) >= 11 is 0. The second-order valence-corrected chi connectivity index (χ2v) is 9.43. The van der Waals surface area contributed by atoms with Crippen molar-refractivity contribution in [2.45, 2.75) is 93.9 Å². The minimum atomic E-state index is 0.659. The van der Waals surface area contributed by atoms with Gasteiger partial charge in [-0.25, -0.2) is 0 Å². The zero-order valence-corrected chi connectivity index (χ0v) is 23.5. The third-order valence-electron chi connectivity index (χ3n) is 4.40. The van der Waals surface area contributed by atoms with E-state index in [1.807, 2.05) is 32.0 Å². The average Bonchev–Trinajstić information content (AvgIpc) is 2.82. The minimum absolute atomic E-state index is 0.659. The fraction of sp³-hybridized carbons (Fsp3) is 0.455. The lowest BCUT2D eigenvalue weighted by atomic mass is 10.0. The van der Waals surface area contributed by atoms with Crippen LogP contribution < -0.4 is 0 Å². The molecular weight excluding hydrogens is 396 g/mol. The van der Waals surface area contributed by atoms with Gasteiger partial charge < -0.3 is 0 Å². The molecule has 184 valence electrons. The third-order valence-corrected chi connectivity index (χ3v) is 4.40. The molecule has 0 aliphatic heterocycles. The Labute approximate surface area is 207 Å². The molecule has 0 N–H and O–H groups in total. The lowest BCUT2D eigenvalue weighted by Gasteiger charge is -2.01. The first kappa shape index (κ1) is 32.8. The molecule has 0 saturated heterocycles. The predicted molar refractivity (Wildman–Crippen MR) is 153 cm³/mol. The highest BCUT2D eigenvalue weighted by molar-refractivity contribution is 5.19. The Morgan fingerprint density at radius 1 is 0.333 bits per heavy atom. The highest BCUT2D eigenvalue weighted by Gasteiger charge is 1.94. The number of rotatable bonds is 3. The molecule has 0 atom stereocenters. The van der Waals surface area contributed by atoms with Crippen LogP contribution in [0.3, 0.4) is 0 Å². The van der Waals surface area contributed by atoms with Gasteiger partial charge in [-0.3, -0.25) is 0 Å². The molecule has 0 heterocycles. The van der Waals surface area contributed by atoms with E-state index in [1.54, 1.807) is 0 Å². The smallest absolute Gasteiger partial charge is 0.0219 e. The average molecular weight is 449 g/mol. The van der Waals surface area contributed by atoms with Crippen LogP contribution in [0.15, 0.2) is 91.0 Å². The second-order valence-electron chi connectivity index (χ2n) is 9.43. The van der Waals surface area contributed by atoms with Gasteiger partial charge in [-0.05, 0) is 40.4 Å². The van der Waals surface area contributed by atoms with Gasteiger partial charge in [0.15, 0.2) is 0 Å².